The van der Waals surface area contributed by atoms with Crippen molar-refractivity contribution in [1.82, 2.24) is 10.5 Å². The number of carbonyl (C=O) groups is 1. The van der Waals surface area contributed by atoms with Gasteiger partial charge in [-0.1, -0.05) is 32.7 Å². The molecule has 0 saturated carbocycles. The fraction of sp³-hybridized carbons (Fsp3) is 0.231. The summed E-state index contributed by atoms with van der Waals surface area (Å²) < 4.78 is 5.73. The molecule has 2 rings (SSSR count). The van der Waals surface area contributed by atoms with Crippen molar-refractivity contribution in [1.29, 1.82) is 0 Å². The molecule has 0 atom stereocenters. The lowest BCUT2D eigenvalue weighted by Gasteiger charge is -2.05. The maximum atomic E-state index is 11.9. The highest BCUT2D eigenvalue weighted by Crippen LogP contribution is 2.19. The summed E-state index contributed by atoms with van der Waals surface area (Å²) in [6.45, 7) is 2.33. The van der Waals surface area contributed by atoms with Crippen LogP contribution in [0, 0.1) is 6.92 Å². The minimum absolute atomic E-state index is 0.164. The average Bonchev–Trinajstić information content (AvgIpc) is 2.73. The number of halogens is 2. The first-order valence-electron chi connectivity index (χ1n) is 5.71. The number of nitrogens with one attached hydrogen (secondary N) is 1. The van der Waals surface area contributed by atoms with Crippen LogP contribution < -0.4 is 5.32 Å². The molecule has 1 amide bonds. The van der Waals surface area contributed by atoms with E-state index >= 15 is 0 Å². The molecule has 0 spiro atoms. The van der Waals surface area contributed by atoms with E-state index in [1.165, 1.54) is 0 Å². The Balaban J connectivity index is 1.90. The number of benzene rings is 1. The largest absolute Gasteiger partial charge is 0.361 e. The van der Waals surface area contributed by atoms with Crippen LogP contribution in [0.5, 0.6) is 0 Å². The van der Waals surface area contributed by atoms with Crippen LogP contribution >= 0.6 is 27.5 Å². The summed E-state index contributed by atoms with van der Waals surface area (Å²) in [5, 5.41) is 7.19. The Kier molecular flexibility index (Phi) is 4.61. The van der Waals surface area contributed by atoms with Crippen LogP contribution in [0.15, 0.2) is 33.3 Å². The molecule has 1 heterocycles. The van der Waals surface area contributed by atoms with Crippen molar-refractivity contribution in [2.75, 3.05) is 6.54 Å². The van der Waals surface area contributed by atoms with E-state index < -0.39 is 0 Å². The number of aromatic nitrogens is 1. The molecule has 6 heteroatoms. The second-order valence-corrected chi connectivity index (χ2v) is 5.45. The van der Waals surface area contributed by atoms with Gasteiger partial charge in [-0.25, -0.2) is 0 Å². The van der Waals surface area contributed by atoms with E-state index in [2.05, 4.69) is 26.4 Å². The Morgan fingerprint density at radius 3 is 2.84 bits per heavy atom. The standard InChI is InChI=1S/C13H12BrClN2O2/c1-8-4-12(17-19-8)2-3-16-13(18)9-5-10(14)7-11(15)6-9/h4-7H,2-3H2,1H3,(H,16,18). The maximum Gasteiger partial charge on any atom is 0.251 e. The normalized spacial score (nSPS) is 10.5. The number of amides is 1. The number of nitrogens with zero attached hydrogens (tertiary/aromatic N) is 1. The smallest absolute Gasteiger partial charge is 0.251 e. The van der Waals surface area contributed by atoms with Crippen LogP contribution in [0.4, 0.5) is 0 Å². The van der Waals surface area contributed by atoms with Crippen molar-refractivity contribution in [3.8, 4) is 0 Å². The number of hydrogen-bond acceptors (Lipinski definition) is 3. The molecule has 100 valence electrons. The highest BCUT2D eigenvalue weighted by atomic mass is 79.9. The van der Waals surface area contributed by atoms with Crippen molar-refractivity contribution in [2.45, 2.75) is 13.3 Å². The topological polar surface area (TPSA) is 55.1 Å². The average molecular weight is 344 g/mol. The summed E-state index contributed by atoms with van der Waals surface area (Å²) in [5.41, 5.74) is 1.35. The monoisotopic (exact) mass is 342 g/mol. The zero-order valence-electron chi connectivity index (χ0n) is 10.2. The highest BCUT2D eigenvalue weighted by molar-refractivity contribution is 9.10. The predicted molar refractivity (Wildman–Crippen MR) is 76.4 cm³/mol. The van der Waals surface area contributed by atoms with E-state index in [4.69, 9.17) is 16.1 Å². The van der Waals surface area contributed by atoms with Crippen molar-refractivity contribution < 1.29 is 9.32 Å². The summed E-state index contributed by atoms with van der Waals surface area (Å²) in [4.78, 5) is 11.9. The van der Waals surface area contributed by atoms with E-state index in [0.717, 1.165) is 15.9 Å². The zero-order chi connectivity index (χ0) is 13.8. The molecule has 1 N–H and O–H groups in total. The predicted octanol–water partition coefficient (Wildman–Crippen LogP) is 3.37. The first-order valence-corrected chi connectivity index (χ1v) is 6.88. The summed E-state index contributed by atoms with van der Waals surface area (Å²) in [6, 6.07) is 6.93. The van der Waals surface area contributed by atoms with Gasteiger partial charge in [0, 0.05) is 34.1 Å². The van der Waals surface area contributed by atoms with Gasteiger partial charge in [-0.05, 0) is 25.1 Å². The summed E-state index contributed by atoms with van der Waals surface area (Å²) >= 11 is 9.20. The van der Waals surface area contributed by atoms with E-state index in [0.29, 0.717) is 23.6 Å². The Bertz CT molecular complexity index is 578. The molecule has 0 fully saturated rings. The van der Waals surface area contributed by atoms with Crippen molar-refractivity contribution in [3.05, 3.63) is 50.8 Å². The molecular weight excluding hydrogens is 332 g/mol. The van der Waals surface area contributed by atoms with Gasteiger partial charge in [0.1, 0.15) is 5.76 Å². The Morgan fingerprint density at radius 1 is 1.42 bits per heavy atom. The summed E-state index contributed by atoms with van der Waals surface area (Å²) in [5.74, 6) is 0.600. The molecule has 19 heavy (non-hydrogen) atoms. The molecule has 0 aliphatic heterocycles. The second kappa shape index (κ2) is 6.21. The Morgan fingerprint density at radius 2 is 2.21 bits per heavy atom. The lowest BCUT2D eigenvalue weighted by Crippen LogP contribution is -2.25. The van der Waals surface area contributed by atoms with Gasteiger partial charge in [0.15, 0.2) is 0 Å². The minimum Gasteiger partial charge on any atom is -0.361 e. The maximum absolute atomic E-state index is 11.9. The molecule has 2 aromatic rings. The van der Waals surface area contributed by atoms with Crippen LogP contribution in [-0.4, -0.2) is 17.6 Å². The third-order valence-corrected chi connectivity index (χ3v) is 3.14. The fourth-order valence-electron chi connectivity index (χ4n) is 1.63. The van der Waals surface area contributed by atoms with Gasteiger partial charge in [0.2, 0.25) is 0 Å². The third-order valence-electron chi connectivity index (χ3n) is 2.47. The van der Waals surface area contributed by atoms with E-state index in [-0.39, 0.29) is 5.91 Å². The van der Waals surface area contributed by atoms with Crippen LogP contribution in [0.1, 0.15) is 21.8 Å². The summed E-state index contributed by atoms with van der Waals surface area (Å²) in [6.07, 6.45) is 0.630. The van der Waals surface area contributed by atoms with Gasteiger partial charge in [-0.15, -0.1) is 0 Å². The van der Waals surface area contributed by atoms with Gasteiger partial charge in [0.05, 0.1) is 5.69 Å². The lowest BCUT2D eigenvalue weighted by molar-refractivity contribution is 0.0954. The molecule has 0 unspecified atom stereocenters. The van der Waals surface area contributed by atoms with Gasteiger partial charge in [0.25, 0.3) is 5.91 Å². The molecule has 0 saturated heterocycles. The molecule has 1 aromatic heterocycles. The molecule has 0 aliphatic carbocycles. The van der Waals surface area contributed by atoms with Gasteiger partial charge < -0.3 is 9.84 Å². The van der Waals surface area contributed by atoms with Crippen LogP contribution in [0.3, 0.4) is 0 Å². The van der Waals surface area contributed by atoms with E-state index in [1.807, 2.05) is 13.0 Å². The number of carbonyl (C=O) groups excluding carboxylic acids is 1. The molecule has 1 aromatic carbocycles. The van der Waals surface area contributed by atoms with E-state index in [9.17, 15) is 4.79 Å². The van der Waals surface area contributed by atoms with Crippen molar-refractivity contribution in [3.63, 3.8) is 0 Å². The quantitative estimate of drug-likeness (QED) is 0.926. The lowest BCUT2D eigenvalue weighted by atomic mass is 10.2. The second-order valence-electron chi connectivity index (χ2n) is 4.09. The van der Waals surface area contributed by atoms with Crippen LogP contribution in [0.25, 0.3) is 0 Å². The summed E-state index contributed by atoms with van der Waals surface area (Å²) in [7, 11) is 0. The third kappa shape index (κ3) is 4.08. The van der Waals surface area contributed by atoms with Gasteiger partial charge >= 0.3 is 0 Å². The highest BCUT2D eigenvalue weighted by Gasteiger charge is 2.08. The van der Waals surface area contributed by atoms with Crippen LogP contribution in [0.2, 0.25) is 5.02 Å². The molecular formula is C13H12BrClN2O2. The van der Waals surface area contributed by atoms with E-state index in [1.54, 1.807) is 18.2 Å². The van der Waals surface area contributed by atoms with Gasteiger partial charge in [-0.3, -0.25) is 4.79 Å². The van der Waals surface area contributed by atoms with Crippen molar-refractivity contribution >= 4 is 33.4 Å². The number of rotatable bonds is 4. The first-order chi connectivity index (χ1) is 9.04. The Hall–Kier alpha value is -1.33. The zero-order valence-corrected chi connectivity index (χ0v) is 12.6. The number of hydrogen-bond donors (Lipinski definition) is 1. The molecule has 0 radical (unpaired) electrons. The fourth-order valence-corrected chi connectivity index (χ4v) is 2.49. The van der Waals surface area contributed by atoms with Crippen LogP contribution in [-0.2, 0) is 6.42 Å². The van der Waals surface area contributed by atoms with Crippen molar-refractivity contribution in [2.24, 2.45) is 0 Å². The number of aryl methyl sites for hydroxylation is 1. The molecule has 4 nitrogen and oxygen atoms in total. The van der Waals surface area contributed by atoms with Gasteiger partial charge in [-0.2, -0.15) is 0 Å². The minimum atomic E-state index is -0.164. The SMILES string of the molecule is Cc1cc(CCNC(=O)c2cc(Cl)cc(Br)c2)no1. The molecule has 0 bridgehead atoms. The molecule has 0 aliphatic rings. The Labute approximate surface area is 124 Å². The first kappa shape index (κ1) is 14.1.